The lowest BCUT2D eigenvalue weighted by Gasteiger charge is -2.07. The van der Waals surface area contributed by atoms with Crippen molar-refractivity contribution in [1.82, 2.24) is 9.55 Å². The third-order valence-corrected chi connectivity index (χ3v) is 3.41. The Morgan fingerprint density at radius 2 is 2.31 bits per heavy atom. The van der Waals surface area contributed by atoms with Gasteiger partial charge in [0.05, 0.1) is 6.54 Å². The molecule has 2 aromatic rings. The van der Waals surface area contributed by atoms with Crippen molar-refractivity contribution >= 4 is 27.7 Å². The van der Waals surface area contributed by atoms with Crippen LogP contribution in [-0.4, -0.2) is 15.8 Å². The zero-order chi connectivity index (χ0) is 11.5. The highest BCUT2D eigenvalue weighted by Crippen LogP contribution is 2.18. The van der Waals surface area contributed by atoms with E-state index in [0.29, 0.717) is 12.1 Å². The fraction of sp³-hybridized carbons (Fsp3) is 0.182. The predicted octanol–water partition coefficient (Wildman–Crippen LogP) is 3.55. The molecule has 16 heavy (non-hydrogen) atoms. The average Bonchev–Trinajstić information content (AvgIpc) is 2.69. The van der Waals surface area contributed by atoms with Crippen molar-refractivity contribution in [2.45, 2.75) is 11.7 Å². The Kier molecular flexibility index (Phi) is 3.66. The zero-order valence-corrected chi connectivity index (χ0v) is 11.1. The summed E-state index contributed by atoms with van der Waals surface area (Å²) in [7, 11) is 0. The Bertz CT molecular complexity index is 498. The molecule has 0 radical (unpaired) electrons. The first-order chi connectivity index (χ1) is 7.70. The van der Waals surface area contributed by atoms with Gasteiger partial charge in [-0.05, 0) is 18.4 Å². The molecule has 2 rings (SSSR count). The third-order valence-electron chi connectivity index (χ3n) is 2.22. The van der Waals surface area contributed by atoms with Gasteiger partial charge in [-0.3, -0.25) is 0 Å². The van der Waals surface area contributed by atoms with E-state index in [1.165, 1.54) is 6.07 Å². The minimum Gasteiger partial charge on any atom is -0.322 e. The highest BCUT2D eigenvalue weighted by molar-refractivity contribution is 9.10. The minimum absolute atomic E-state index is 0.199. The molecule has 1 heterocycles. The summed E-state index contributed by atoms with van der Waals surface area (Å²) in [4.78, 5) is 4.17. The zero-order valence-electron chi connectivity index (χ0n) is 8.65. The second kappa shape index (κ2) is 5.01. The number of halogens is 2. The lowest BCUT2D eigenvalue weighted by molar-refractivity contribution is 0.589. The van der Waals surface area contributed by atoms with Gasteiger partial charge in [0.25, 0.3) is 0 Å². The number of thioether (sulfide) groups is 1. The molecule has 0 spiro atoms. The number of nitrogens with zero attached hydrogens (tertiary/aromatic N) is 2. The van der Waals surface area contributed by atoms with Gasteiger partial charge in [-0.15, -0.1) is 0 Å². The molecule has 0 saturated carbocycles. The number of hydrogen-bond acceptors (Lipinski definition) is 2. The minimum atomic E-state index is -0.199. The molecule has 0 atom stereocenters. The van der Waals surface area contributed by atoms with Crippen LogP contribution in [-0.2, 0) is 6.54 Å². The largest absolute Gasteiger partial charge is 0.322 e. The van der Waals surface area contributed by atoms with E-state index in [0.717, 1.165) is 9.63 Å². The average molecular weight is 301 g/mol. The Balaban J connectivity index is 2.27. The second-order valence-electron chi connectivity index (χ2n) is 3.28. The van der Waals surface area contributed by atoms with E-state index >= 15 is 0 Å². The molecule has 0 bridgehead atoms. The maximum absolute atomic E-state index is 13.6. The number of benzene rings is 1. The molecule has 1 aromatic carbocycles. The van der Waals surface area contributed by atoms with E-state index in [4.69, 9.17) is 0 Å². The van der Waals surface area contributed by atoms with Gasteiger partial charge in [0.15, 0.2) is 5.16 Å². The highest BCUT2D eigenvalue weighted by Gasteiger charge is 2.06. The summed E-state index contributed by atoms with van der Waals surface area (Å²) in [6.45, 7) is 0.509. The summed E-state index contributed by atoms with van der Waals surface area (Å²) < 4.78 is 16.3. The standard InChI is InChI=1S/C11H10BrFN2S/c1-16-11-14-4-5-15(11)7-8-2-3-9(12)6-10(8)13/h2-6H,7H2,1H3. The quantitative estimate of drug-likeness (QED) is 0.807. The molecule has 84 valence electrons. The number of imidazole rings is 1. The van der Waals surface area contributed by atoms with Crippen molar-refractivity contribution in [3.63, 3.8) is 0 Å². The molecular weight excluding hydrogens is 291 g/mol. The molecular formula is C11H10BrFN2S. The summed E-state index contributed by atoms with van der Waals surface area (Å²) in [5.74, 6) is -0.199. The van der Waals surface area contributed by atoms with Gasteiger partial charge in [-0.2, -0.15) is 0 Å². The van der Waals surface area contributed by atoms with E-state index < -0.39 is 0 Å². The summed E-state index contributed by atoms with van der Waals surface area (Å²) in [6, 6.07) is 5.10. The van der Waals surface area contributed by atoms with Gasteiger partial charge in [0, 0.05) is 22.4 Å². The fourth-order valence-electron chi connectivity index (χ4n) is 1.44. The van der Waals surface area contributed by atoms with E-state index in [1.54, 1.807) is 24.0 Å². The van der Waals surface area contributed by atoms with E-state index in [2.05, 4.69) is 20.9 Å². The second-order valence-corrected chi connectivity index (χ2v) is 4.97. The third kappa shape index (κ3) is 2.47. The monoisotopic (exact) mass is 300 g/mol. The van der Waals surface area contributed by atoms with Gasteiger partial charge in [0.1, 0.15) is 5.82 Å². The van der Waals surface area contributed by atoms with E-state index in [9.17, 15) is 4.39 Å². The van der Waals surface area contributed by atoms with Crippen LogP contribution in [0.4, 0.5) is 4.39 Å². The summed E-state index contributed by atoms with van der Waals surface area (Å²) in [6.07, 6.45) is 5.53. The maximum atomic E-state index is 13.6. The molecule has 5 heteroatoms. The van der Waals surface area contributed by atoms with Crippen molar-refractivity contribution in [3.8, 4) is 0 Å². The van der Waals surface area contributed by atoms with Crippen LogP contribution in [0, 0.1) is 5.82 Å². The summed E-state index contributed by atoms with van der Waals surface area (Å²) in [5, 5.41) is 0.891. The van der Waals surface area contributed by atoms with Crippen LogP contribution >= 0.6 is 27.7 Å². The smallest absolute Gasteiger partial charge is 0.167 e. The first kappa shape index (κ1) is 11.7. The lowest BCUT2D eigenvalue weighted by Crippen LogP contribution is -2.02. The molecule has 0 saturated heterocycles. The summed E-state index contributed by atoms with van der Waals surface area (Å²) >= 11 is 4.79. The number of hydrogen-bond donors (Lipinski definition) is 0. The lowest BCUT2D eigenvalue weighted by atomic mass is 10.2. The van der Waals surface area contributed by atoms with Crippen molar-refractivity contribution in [1.29, 1.82) is 0 Å². The van der Waals surface area contributed by atoms with Gasteiger partial charge >= 0.3 is 0 Å². The van der Waals surface area contributed by atoms with Crippen molar-refractivity contribution in [2.75, 3.05) is 6.26 Å². The van der Waals surface area contributed by atoms with E-state index in [-0.39, 0.29) is 5.82 Å². The van der Waals surface area contributed by atoms with Gasteiger partial charge in [-0.1, -0.05) is 33.8 Å². The van der Waals surface area contributed by atoms with Gasteiger partial charge < -0.3 is 4.57 Å². The first-order valence-electron chi connectivity index (χ1n) is 4.70. The first-order valence-corrected chi connectivity index (χ1v) is 6.71. The highest BCUT2D eigenvalue weighted by atomic mass is 79.9. The topological polar surface area (TPSA) is 17.8 Å². The Morgan fingerprint density at radius 1 is 1.50 bits per heavy atom. The normalized spacial score (nSPS) is 10.7. The molecule has 2 nitrogen and oxygen atoms in total. The fourth-order valence-corrected chi connectivity index (χ4v) is 2.30. The van der Waals surface area contributed by atoms with Gasteiger partial charge in [0.2, 0.25) is 0 Å². The SMILES string of the molecule is CSc1nccn1Cc1ccc(Br)cc1F. The van der Waals surface area contributed by atoms with Gasteiger partial charge in [-0.25, -0.2) is 9.37 Å². The van der Waals surface area contributed by atoms with Crippen molar-refractivity contribution < 1.29 is 4.39 Å². The van der Waals surface area contributed by atoms with Crippen LogP contribution in [0.25, 0.3) is 0 Å². The predicted molar refractivity (Wildman–Crippen MR) is 67.2 cm³/mol. The van der Waals surface area contributed by atoms with Crippen LogP contribution in [0.15, 0.2) is 40.2 Å². The van der Waals surface area contributed by atoms with Crippen LogP contribution in [0.2, 0.25) is 0 Å². The molecule has 0 aliphatic heterocycles. The molecule has 0 fully saturated rings. The Labute approximate surface area is 106 Å². The molecule has 1 aromatic heterocycles. The summed E-state index contributed by atoms with van der Waals surface area (Å²) in [5.41, 5.74) is 0.663. The molecule has 0 amide bonds. The molecule has 0 aliphatic rings. The number of aromatic nitrogens is 2. The van der Waals surface area contributed by atoms with Crippen LogP contribution in [0.1, 0.15) is 5.56 Å². The molecule has 0 aliphatic carbocycles. The van der Waals surface area contributed by atoms with Crippen molar-refractivity contribution in [2.24, 2.45) is 0 Å². The molecule has 0 unspecified atom stereocenters. The van der Waals surface area contributed by atoms with Crippen molar-refractivity contribution in [3.05, 3.63) is 46.4 Å². The van der Waals surface area contributed by atoms with Crippen LogP contribution < -0.4 is 0 Å². The Morgan fingerprint density at radius 3 is 3.00 bits per heavy atom. The number of rotatable bonds is 3. The van der Waals surface area contributed by atoms with Crippen LogP contribution in [0.3, 0.4) is 0 Å². The van der Waals surface area contributed by atoms with Crippen LogP contribution in [0.5, 0.6) is 0 Å². The molecule has 0 N–H and O–H groups in total. The van der Waals surface area contributed by atoms with E-state index in [1.807, 2.05) is 23.1 Å². The Hall–Kier alpha value is -0.810. The maximum Gasteiger partial charge on any atom is 0.167 e.